The molecule has 0 saturated carbocycles. The maximum Gasteiger partial charge on any atom is 0.126 e. The lowest BCUT2D eigenvalue weighted by molar-refractivity contribution is 0.416. The van der Waals surface area contributed by atoms with Crippen molar-refractivity contribution in [1.82, 2.24) is 0 Å². The number of hydrogen-bond acceptors (Lipinski definition) is 4. The van der Waals surface area contributed by atoms with Crippen LogP contribution in [0.2, 0.25) is 0 Å². The van der Waals surface area contributed by atoms with Crippen molar-refractivity contribution in [2.45, 2.75) is 30.2 Å². The highest BCUT2D eigenvalue weighted by Crippen LogP contribution is 2.34. The van der Waals surface area contributed by atoms with Crippen LogP contribution >= 0.6 is 11.8 Å². The predicted octanol–water partition coefficient (Wildman–Crippen LogP) is 13.2. The molecule has 0 radical (unpaired) electrons. The molecule has 0 heterocycles. The van der Waals surface area contributed by atoms with E-state index in [1.807, 2.05) is 73.7 Å². The maximum atomic E-state index is 7.76. The number of rotatable bonds is 9. The second kappa shape index (κ2) is 20.5. The van der Waals surface area contributed by atoms with Crippen molar-refractivity contribution < 1.29 is 4.74 Å². The lowest BCUT2D eigenvalue weighted by Crippen LogP contribution is -2.12. The lowest BCUT2D eigenvalue weighted by atomic mass is 9.97. The van der Waals surface area contributed by atoms with E-state index in [1.54, 1.807) is 18.9 Å². The predicted molar refractivity (Wildman–Crippen MR) is 247 cm³/mol. The number of methoxy groups -OCH3 is 1. The largest absolute Gasteiger partial charge is 0.496 e. The summed E-state index contributed by atoms with van der Waals surface area (Å²) in [5, 5.41) is 7.76. The van der Waals surface area contributed by atoms with Gasteiger partial charge < -0.3 is 16.2 Å². The van der Waals surface area contributed by atoms with Gasteiger partial charge in [-0.25, -0.2) is 0 Å². The standard InChI is InChI=1S/C32H26N2S.C14H14O.C7H9N/c1-22-30(32(33)34)11-6-12-31(22)35-29-19-17-25(18-20-29)24-13-15-26(16-14-24)28-10-5-9-27(21-28)23-7-3-2-4-8-23;1-11-7-9-12(10-8-11)13-5-3-4-6-14(13)15-2;8-6-7-4-2-1-3-5-7/h2-21H,1H3,(H3,33,34);3-10H,1-2H3;1-5H,6,8H2. The first kappa shape index (κ1) is 41.0. The van der Waals surface area contributed by atoms with Gasteiger partial charge in [0.2, 0.25) is 0 Å². The summed E-state index contributed by atoms with van der Waals surface area (Å²) in [6.45, 7) is 4.75. The normalized spacial score (nSPS) is 10.3. The van der Waals surface area contributed by atoms with E-state index in [1.165, 1.54) is 50.1 Å². The minimum Gasteiger partial charge on any atom is -0.496 e. The number of benzene rings is 8. The highest BCUT2D eigenvalue weighted by Gasteiger charge is 2.09. The molecule has 0 aliphatic heterocycles. The molecule has 0 fully saturated rings. The van der Waals surface area contributed by atoms with Crippen molar-refractivity contribution in [3.63, 3.8) is 0 Å². The van der Waals surface area contributed by atoms with Crippen LogP contribution in [-0.2, 0) is 6.54 Å². The zero-order chi connectivity index (χ0) is 40.7. The number of nitrogens with one attached hydrogen (secondary N) is 1. The molecule has 5 N–H and O–H groups in total. The van der Waals surface area contributed by atoms with Crippen molar-refractivity contribution in [3.8, 4) is 50.3 Å². The fourth-order valence-electron chi connectivity index (χ4n) is 6.45. The first-order valence-electron chi connectivity index (χ1n) is 19.2. The molecule has 0 bridgehead atoms. The summed E-state index contributed by atoms with van der Waals surface area (Å²) in [5.41, 5.74) is 25.0. The number of hydrogen-bond donors (Lipinski definition) is 3. The topological polar surface area (TPSA) is 85.1 Å². The smallest absolute Gasteiger partial charge is 0.126 e. The van der Waals surface area contributed by atoms with E-state index in [9.17, 15) is 0 Å². The molecule has 0 aliphatic rings. The molecule has 0 spiro atoms. The molecule has 8 aromatic carbocycles. The third-order valence-electron chi connectivity index (χ3n) is 9.73. The molecule has 0 saturated heterocycles. The average Bonchev–Trinajstić information content (AvgIpc) is 3.28. The molecule has 0 unspecified atom stereocenters. The Kier molecular flexibility index (Phi) is 14.5. The first-order chi connectivity index (χ1) is 28.3. The fourth-order valence-corrected chi connectivity index (χ4v) is 7.39. The van der Waals surface area contributed by atoms with Gasteiger partial charge in [-0.05, 0) is 94.3 Å². The molecule has 8 rings (SSSR count). The van der Waals surface area contributed by atoms with E-state index in [0.717, 1.165) is 32.2 Å². The molecule has 4 nitrogen and oxygen atoms in total. The molecule has 8 aromatic rings. The number of nitrogen functional groups attached to an aromatic ring is 1. The van der Waals surface area contributed by atoms with Crippen LogP contribution < -0.4 is 16.2 Å². The van der Waals surface area contributed by atoms with Gasteiger partial charge in [-0.1, -0.05) is 187 Å². The Balaban J connectivity index is 0.000000200. The Bertz CT molecular complexity index is 2520. The van der Waals surface area contributed by atoms with Crippen LogP contribution in [0.4, 0.5) is 0 Å². The van der Waals surface area contributed by atoms with Gasteiger partial charge in [0.25, 0.3) is 0 Å². The van der Waals surface area contributed by atoms with Crippen molar-refractivity contribution in [3.05, 3.63) is 222 Å². The van der Waals surface area contributed by atoms with Gasteiger partial charge in [-0.3, -0.25) is 5.41 Å². The molecular formula is C53H49N3OS. The van der Waals surface area contributed by atoms with Crippen LogP contribution in [0.25, 0.3) is 44.5 Å². The highest BCUT2D eigenvalue weighted by atomic mass is 32.2. The molecule has 58 heavy (non-hydrogen) atoms. The summed E-state index contributed by atoms with van der Waals surface area (Å²) in [5.74, 6) is 1.02. The molecule has 0 aromatic heterocycles. The SMILES string of the molecule is COc1ccccc1-c1ccc(C)cc1.Cc1c(Sc2ccc(-c3ccc(-c4cccc(-c5ccccc5)c4)cc3)cc2)cccc1C(=N)N.NCc1ccccc1. The van der Waals surface area contributed by atoms with Crippen molar-refractivity contribution in [2.24, 2.45) is 11.5 Å². The zero-order valence-corrected chi connectivity index (χ0v) is 34.0. The summed E-state index contributed by atoms with van der Waals surface area (Å²) in [6.07, 6.45) is 0. The summed E-state index contributed by atoms with van der Waals surface area (Å²) >= 11 is 1.70. The van der Waals surface area contributed by atoms with Gasteiger partial charge in [-0.2, -0.15) is 0 Å². The van der Waals surface area contributed by atoms with E-state index in [0.29, 0.717) is 6.54 Å². The van der Waals surface area contributed by atoms with E-state index in [-0.39, 0.29) is 5.84 Å². The van der Waals surface area contributed by atoms with E-state index >= 15 is 0 Å². The van der Waals surface area contributed by atoms with Crippen molar-refractivity contribution >= 4 is 17.6 Å². The van der Waals surface area contributed by atoms with Gasteiger partial charge in [0, 0.05) is 27.5 Å². The second-order valence-corrected chi connectivity index (χ2v) is 14.9. The lowest BCUT2D eigenvalue weighted by Gasteiger charge is -2.11. The number of para-hydroxylation sites is 1. The minimum absolute atomic E-state index is 0.107. The van der Waals surface area contributed by atoms with Crippen LogP contribution in [0, 0.1) is 19.3 Å². The zero-order valence-electron chi connectivity index (χ0n) is 33.2. The Morgan fingerprint density at radius 3 is 1.57 bits per heavy atom. The van der Waals surface area contributed by atoms with Gasteiger partial charge in [-0.15, -0.1) is 0 Å². The van der Waals surface area contributed by atoms with E-state index in [2.05, 4.69) is 140 Å². The quantitative estimate of drug-likeness (QED) is 0.101. The summed E-state index contributed by atoms with van der Waals surface area (Å²) < 4.78 is 5.33. The summed E-state index contributed by atoms with van der Waals surface area (Å²) in [6, 6.07) is 69.0. The maximum absolute atomic E-state index is 7.76. The molecule has 0 aliphatic carbocycles. The number of nitrogens with two attached hydrogens (primary N) is 2. The molecular weight excluding hydrogens is 727 g/mol. The van der Waals surface area contributed by atoms with Crippen LogP contribution in [-0.4, -0.2) is 12.9 Å². The minimum atomic E-state index is 0.107. The van der Waals surface area contributed by atoms with Crippen molar-refractivity contribution in [1.29, 1.82) is 5.41 Å². The van der Waals surface area contributed by atoms with Crippen LogP contribution in [0.15, 0.2) is 210 Å². The highest BCUT2D eigenvalue weighted by molar-refractivity contribution is 7.99. The monoisotopic (exact) mass is 775 g/mol. The second-order valence-electron chi connectivity index (χ2n) is 13.7. The van der Waals surface area contributed by atoms with Gasteiger partial charge in [0.1, 0.15) is 11.6 Å². The molecule has 5 heteroatoms. The van der Waals surface area contributed by atoms with Crippen LogP contribution in [0.3, 0.4) is 0 Å². The summed E-state index contributed by atoms with van der Waals surface area (Å²) in [4.78, 5) is 2.28. The van der Waals surface area contributed by atoms with Crippen molar-refractivity contribution in [2.75, 3.05) is 7.11 Å². The summed E-state index contributed by atoms with van der Waals surface area (Å²) in [7, 11) is 1.70. The third kappa shape index (κ3) is 11.0. The van der Waals surface area contributed by atoms with Gasteiger partial charge in [0.05, 0.1) is 7.11 Å². The molecule has 0 atom stereocenters. The third-order valence-corrected chi connectivity index (χ3v) is 10.9. The molecule has 0 amide bonds. The number of ether oxygens (including phenoxy) is 1. The average molecular weight is 776 g/mol. The van der Waals surface area contributed by atoms with Crippen LogP contribution in [0.5, 0.6) is 5.75 Å². The van der Waals surface area contributed by atoms with Gasteiger partial charge in [0.15, 0.2) is 0 Å². The number of amidine groups is 1. The number of aryl methyl sites for hydroxylation is 1. The Labute approximate surface area is 347 Å². The van der Waals surface area contributed by atoms with Crippen LogP contribution in [0.1, 0.15) is 22.3 Å². The Morgan fingerprint density at radius 2 is 1.00 bits per heavy atom. The van der Waals surface area contributed by atoms with Gasteiger partial charge >= 0.3 is 0 Å². The molecule has 288 valence electrons. The fraction of sp³-hybridized carbons (Fsp3) is 0.0755. The van der Waals surface area contributed by atoms with E-state index in [4.69, 9.17) is 21.6 Å². The Morgan fingerprint density at radius 1 is 0.517 bits per heavy atom. The Hall–Kier alpha value is -6.66. The van der Waals surface area contributed by atoms with E-state index < -0.39 is 0 Å². The first-order valence-corrected chi connectivity index (χ1v) is 20.1.